The third-order valence-corrected chi connectivity index (χ3v) is 10.5. The SMILES string of the molecule is CC/C=C\C/C=C\C/C=C\CCCCCCCC(=O)OCC(COC1OC(CS(=O)(=O)O)C(O)C(O)C1O)OC(=O)CCCCCCCCCCCCCCC. The molecule has 1 aliphatic rings. The van der Waals surface area contributed by atoms with Crippen LogP contribution in [0, 0.1) is 0 Å². The van der Waals surface area contributed by atoms with E-state index < -0.39 is 71.2 Å². The largest absolute Gasteiger partial charge is 0.462 e. The topological polar surface area (TPSA) is 186 Å². The average molecular weight is 817 g/mol. The molecule has 0 bridgehead atoms. The molecule has 12 nitrogen and oxygen atoms in total. The van der Waals surface area contributed by atoms with Crippen LogP contribution in [-0.4, -0.2) is 96.0 Å². The molecule has 0 spiro atoms. The van der Waals surface area contributed by atoms with Gasteiger partial charge in [0.1, 0.15) is 36.8 Å². The van der Waals surface area contributed by atoms with Crippen molar-refractivity contribution in [2.24, 2.45) is 0 Å². The number of allylic oxidation sites excluding steroid dienone is 6. The van der Waals surface area contributed by atoms with E-state index in [0.29, 0.717) is 12.8 Å². The Bertz CT molecular complexity index is 1190. The van der Waals surface area contributed by atoms with Gasteiger partial charge in [-0.25, -0.2) is 0 Å². The zero-order valence-corrected chi connectivity index (χ0v) is 35.3. The molecule has 0 aromatic carbocycles. The first-order valence-corrected chi connectivity index (χ1v) is 23.2. The van der Waals surface area contributed by atoms with Gasteiger partial charge in [0.25, 0.3) is 10.1 Å². The lowest BCUT2D eigenvalue weighted by atomic mass is 10.00. The Labute approximate surface area is 338 Å². The Kier molecular flexibility index (Phi) is 31.3. The van der Waals surface area contributed by atoms with Gasteiger partial charge in [-0.05, 0) is 44.9 Å². The second-order valence-corrected chi connectivity index (χ2v) is 16.5. The van der Waals surface area contributed by atoms with Crippen molar-refractivity contribution in [1.29, 1.82) is 0 Å². The van der Waals surface area contributed by atoms with Crippen molar-refractivity contribution in [2.75, 3.05) is 19.0 Å². The van der Waals surface area contributed by atoms with Gasteiger partial charge < -0.3 is 34.3 Å². The summed E-state index contributed by atoms with van der Waals surface area (Å²) < 4.78 is 54.0. The Morgan fingerprint density at radius 3 is 1.68 bits per heavy atom. The smallest absolute Gasteiger partial charge is 0.306 e. The molecule has 0 saturated carbocycles. The first kappa shape index (κ1) is 51.9. The second kappa shape index (κ2) is 33.8. The summed E-state index contributed by atoms with van der Waals surface area (Å²) in [5.74, 6) is -2.00. The van der Waals surface area contributed by atoms with Crippen LogP contribution in [-0.2, 0) is 38.7 Å². The van der Waals surface area contributed by atoms with E-state index in [2.05, 4.69) is 50.3 Å². The van der Waals surface area contributed by atoms with Crippen molar-refractivity contribution < 1.29 is 56.8 Å². The van der Waals surface area contributed by atoms with Crippen molar-refractivity contribution >= 4 is 22.1 Å². The highest BCUT2D eigenvalue weighted by Crippen LogP contribution is 2.24. The molecule has 6 atom stereocenters. The number of aliphatic hydroxyl groups is 3. The average Bonchev–Trinajstić information content (AvgIpc) is 3.16. The highest BCUT2D eigenvalue weighted by molar-refractivity contribution is 7.85. The van der Waals surface area contributed by atoms with Gasteiger partial charge >= 0.3 is 11.9 Å². The number of ether oxygens (including phenoxy) is 4. The summed E-state index contributed by atoms with van der Waals surface area (Å²) >= 11 is 0. The standard InChI is InChI=1S/C43H76O12S/c1-3-5-7-9-11-13-15-17-18-20-21-23-25-27-29-31-38(44)52-33-36(34-53-43-42(48)41(47)40(46)37(55-43)35-56(49,50)51)54-39(45)32-30-28-26-24-22-19-16-14-12-10-8-6-4-2/h5,7,11,13,17-18,36-37,40-43,46-48H,3-4,6,8-10,12,14-16,19-35H2,1-2H3,(H,49,50,51)/b7-5-,13-11-,18-17-. The zero-order valence-electron chi connectivity index (χ0n) is 34.5. The molecule has 4 N–H and O–H groups in total. The van der Waals surface area contributed by atoms with E-state index in [0.717, 1.165) is 70.6 Å². The van der Waals surface area contributed by atoms with E-state index in [4.69, 9.17) is 18.9 Å². The van der Waals surface area contributed by atoms with Gasteiger partial charge in [-0.1, -0.05) is 147 Å². The molecule has 1 aliphatic heterocycles. The molecule has 0 aliphatic carbocycles. The summed E-state index contributed by atoms with van der Waals surface area (Å²) in [5, 5.41) is 30.8. The summed E-state index contributed by atoms with van der Waals surface area (Å²) in [6.45, 7) is 3.62. The number of rotatable bonds is 35. The predicted octanol–water partition coefficient (Wildman–Crippen LogP) is 8.22. The maximum atomic E-state index is 12.8. The minimum atomic E-state index is -4.60. The van der Waals surface area contributed by atoms with E-state index in [1.807, 2.05) is 0 Å². The summed E-state index contributed by atoms with van der Waals surface area (Å²) in [6, 6.07) is 0. The van der Waals surface area contributed by atoms with Crippen LogP contribution >= 0.6 is 0 Å². The maximum absolute atomic E-state index is 12.8. The molecular weight excluding hydrogens is 741 g/mol. The van der Waals surface area contributed by atoms with E-state index >= 15 is 0 Å². The molecular formula is C43H76O12S. The van der Waals surface area contributed by atoms with Gasteiger partial charge in [-0.3, -0.25) is 14.1 Å². The fraction of sp³-hybridized carbons (Fsp3) is 0.814. The van der Waals surface area contributed by atoms with Crippen molar-refractivity contribution in [3.05, 3.63) is 36.5 Å². The van der Waals surface area contributed by atoms with Gasteiger partial charge in [0.15, 0.2) is 12.4 Å². The number of unbranched alkanes of at least 4 members (excludes halogenated alkanes) is 17. The van der Waals surface area contributed by atoms with Crippen LogP contribution in [0.4, 0.5) is 0 Å². The van der Waals surface area contributed by atoms with E-state index in [9.17, 15) is 37.9 Å². The number of hydrogen-bond donors (Lipinski definition) is 4. The Hall–Kier alpha value is -2.13. The van der Waals surface area contributed by atoms with Crippen LogP contribution in [0.5, 0.6) is 0 Å². The number of hydrogen-bond acceptors (Lipinski definition) is 11. The molecule has 1 saturated heterocycles. The molecule has 0 aromatic heterocycles. The van der Waals surface area contributed by atoms with Crippen molar-refractivity contribution in [3.8, 4) is 0 Å². The zero-order chi connectivity index (χ0) is 41.3. The number of carbonyl (C=O) groups is 2. The van der Waals surface area contributed by atoms with E-state index in [1.165, 1.54) is 57.8 Å². The van der Waals surface area contributed by atoms with E-state index in [1.54, 1.807) is 0 Å². The third-order valence-electron chi connectivity index (χ3n) is 9.73. The monoisotopic (exact) mass is 817 g/mol. The molecule has 0 amide bonds. The molecule has 56 heavy (non-hydrogen) atoms. The van der Waals surface area contributed by atoms with Gasteiger partial charge in [-0.15, -0.1) is 0 Å². The Morgan fingerprint density at radius 1 is 0.625 bits per heavy atom. The summed E-state index contributed by atoms with van der Waals surface area (Å²) in [4.78, 5) is 25.3. The minimum Gasteiger partial charge on any atom is -0.462 e. The van der Waals surface area contributed by atoms with Crippen LogP contribution in [0.25, 0.3) is 0 Å². The lowest BCUT2D eigenvalue weighted by Crippen LogP contribution is -2.60. The van der Waals surface area contributed by atoms with Crippen molar-refractivity contribution in [3.63, 3.8) is 0 Å². The second-order valence-electron chi connectivity index (χ2n) is 15.0. The van der Waals surface area contributed by atoms with Crippen LogP contribution < -0.4 is 0 Å². The lowest BCUT2D eigenvalue weighted by molar-refractivity contribution is -0.297. The van der Waals surface area contributed by atoms with Gasteiger partial charge in [0, 0.05) is 12.8 Å². The van der Waals surface area contributed by atoms with Gasteiger partial charge in [0.05, 0.1) is 6.61 Å². The van der Waals surface area contributed by atoms with Crippen LogP contribution in [0.1, 0.15) is 168 Å². The first-order chi connectivity index (χ1) is 27.0. The lowest BCUT2D eigenvalue weighted by Gasteiger charge is -2.40. The third kappa shape index (κ3) is 28.3. The van der Waals surface area contributed by atoms with Crippen LogP contribution in [0.2, 0.25) is 0 Å². The molecule has 0 aromatic rings. The van der Waals surface area contributed by atoms with Crippen molar-refractivity contribution in [1.82, 2.24) is 0 Å². The fourth-order valence-corrected chi connectivity index (χ4v) is 7.09. The molecule has 13 heteroatoms. The fourth-order valence-electron chi connectivity index (χ4n) is 6.40. The maximum Gasteiger partial charge on any atom is 0.306 e. The molecule has 1 fully saturated rings. The quantitative estimate of drug-likeness (QED) is 0.0208. The number of carbonyl (C=O) groups excluding carboxylic acids is 2. The Morgan fingerprint density at radius 2 is 1.12 bits per heavy atom. The normalized spacial score (nSPS) is 21.0. The molecule has 1 heterocycles. The summed E-state index contributed by atoms with van der Waals surface area (Å²) in [7, 11) is -4.60. The summed E-state index contributed by atoms with van der Waals surface area (Å²) in [6.07, 6.45) is 27.6. The van der Waals surface area contributed by atoms with Gasteiger partial charge in [-0.2, -0.15) is 8.42 Å². The van der Waals surface area contributed by atoms with Crippen molar-refractivity contribution in [2.45, 2.75) is 205 Å². The van der Waals surface area contributed by atoms with E-state index in [-0.39, 0.29) is 19.4 Å². The molecule has 1 rings (SSSR count). The highest BCUT2D eigenvalue weighted by Gasteiger charge is 2.46. The van der Waals surface area contributed by atoms with Gasteiger partial charge in [0.2, 0.25) is 0 Å². The molecule has 0 radical (unpaired) electrons. The number of aliphatic hydroxyl groups excluding tert-OH is 3. The molecule has 6 unspecified atom stereocenters. The number of esters is 2. The minimum absolute atomic E-state index is 0.163. The first-order valence-electron chi connectivity index (χ1n) is 21.5. The Balaban J connectivity index is 2.48. The highest BCUT2D eigenvalue weighted by atomic mass is 32.2. The van der Waals surface area contributed by atoms with Crippen LogP contribution in [0.3, 0.4) is 0 Å². The predicted molar refractivity (Wildman–Crippen MR) is 219 cm³/mol. The van der Waals surface area contributed by atoms with Crippen LogP contribution in [0.15, 0.2) is 36.5 Å². The summed E-state index contributed by atoms with van der Waals surface area (Å²) in [5.41, 5.74) is 0. The molecule has 326 valence electrons.